The molecule has 0 unspecified atom stereocenters. The topological polar surface area (TPSA) is 70.6 Å². The first kappa shape index (κ1) is 20.1. The Morgan fingerprint density at radius 3 is 2.47 bits per heavy atom. The van der Waals surface area contributed by atoms with Crippen LogP contribution in [0.15, 0.2) is 84.0 Å². The minimum absolute atomic E-state index is 0.0943. The molecule has 4 rings (SSSR count). The van der Waals surface area contributed by atoms with E-state index in [2.05, 4.69) is 4.98 Å². The highest BCUT2D eigenvalue weighted by Gasteiger charge is 2.33. The molecule has 0 bridgehead atoms. The van der Waals surface area contributed by atoms with Crippen LogP contribution in [0.25, 0.3) is 0 Å². The van der Waals surface area contributed by atoms with E-state index in [9.17, 15) is 13.2 Å². The normalized spacial score (nSPS) is 13.6. The summed E-state index contributed by atoms with van der Waals surface area (Å²) in [7, 11) is -2.27. The van der Waals surface area contributed by atoms with Crippen LogP contribution in [0, 0.1) is 0 Å². The van der Waals surface area contributed by atoms with Crippen LogP contribution < -0.4 is 4.31 Å². The maximum Gasteiger partial charge on any atom is 0.264 e. The van der Waals surface area contributed by atoms with Gasteiger partial charge < -0.3 is 4.90 Å². The first-order chi connectivity index (χ1) is 14.5. The first-order valence-corrected chi connectivity index (χ1v) is 11.2. The van der Waals surface area contributed by atoms with Crippen LogP contribution in [0.5, 0.6) is 0 Å². The Kier molecular flexibility index (Phi) is 5.55. The van der Waals surface area contributed by atoms with Crippen molar-refractivity contribution in [3.63, 3.8) is 0 Å². The van der Waals surface area contributed by atoms with Gasteiger partial charge in [0.1, 0.15) is 0 Å². The number of benzene rings is 2. The summed E-state index contributed by atoms with van der Waals surface area (Å²) >= 11 is 0. The van der Waals surface area contributed by atoms with Crippen LogP contribution in [-0.2, 0) is 16.6 Å². The van der Waals surface area contributed by atoms with Crippen molar-refractivity contribution in [2.45, 2.75) is 30.3 Å². The molecule has 0 radical (unpaired) electrons. The highest BCUT2D eigenvalue weighted by Crippen LogP contribution is 2.30. The van der Waals surface area contributed by atoms with Gasteiger partial charge in [0.15, 0.2) is 0 Å². The van der Waals surface area contributed by atoms with E-state index in [1.54, 1.807) is 48.8 Å². The third-order valence-corrected chi connectivity index (χ3v) is 6.96. The third kappa shape index (κ3) is 4.21. The average Bonchev–Trinajstić information content (AvgIpc) is 3.63. The van der Waals surface area contributed by atoms with Gasteiger partial charge in [-0.2, -0.15) is 0 Å². The number of carbonyl (C=O) groups excluding carboxylic acids is 1. The van der Waals surface area contributed by atoms with Crippen LogP contribution in [0.2, 0.25) is 0 Å². The van der Waals surface area contributed by atoms with Gasteiger partial charge in [0.25, 0.3) is 15.9 Å². The number of carbonyl (C=O) groups is 1. The number of nitrogens with zero attached hydrogens (tertiary/aromatic N) is 3. The first-order valence-electron chi connectivity index (χ1n) is 9.81. The van der Waals surface area contributed by atoms with Crippen molar-refractivity contribution in [1.82, 2.24) is 9.88 Å². The smallest absolute Gasteiger partial charge is 0.264 e. The van der Waals surface area contributed by atoms with Gasteiger partial charge >= 0.3 is 0 Å². The number of rotatable bonds is 7. The Morgan fingerprint density at radius 1 is 1.03 bits per heavy atom. The van der Waals surface area contributed by atoms with E-state index < -0.39 is 10.0 Å². The van der Waals surface area contributed by atoms with Gasteiger partial charge in [0, 0.05) is 37.6 Å². The van der Waals surface area contributed by atoms with Crippen LogP contribution in [-0.4, -0.2) is 37.3 Å². The Bertz CT molecular complexity index is 1130. The second-order valence-electron chi connectivity index (χ2n) is 7.36. The van der Waals surface area contributed by atoms with Gasteiger partial charge in [0.2, 0.25) is 0 Å². The molecule has 2 aromatic carbocycles. The predicted molar refractivity (Wildman–Crippen MR) is 116 cm³/mol. The molecule has 1 heterocycles. The van der Waals surface area contributed by atoms with Crippen molar-refractivity contribution >= 4 is 21.6 Å². The second-order valence-corrected chi connectivity index (χ2v) is 9.33. The lowest BCUT2D eigenvalue weighted by atomic mass is 10.1. The van der Waals surface area contributed by atoms with E-state index in [0.717, 1.165) is 18.4 Å². The van der Waals surface area contributed by atoms with Crippen molar-refractivity contribution in [3.8, 4) is 0 Å². The molecule has 0 aliphatic heterocycles. The monoisotopic (exact) mass is 421 g/mol. The number of amides is 1. The maximum absolute atomic E-state index is 13.2. The zero-order valence-electron chi connectivity index (χ0n) is 16.7. The lowest BCUT2D eigenvalue weighted by Crippen LogP contribution is -2.33. The van der Waals surface area contributed by atoms with Gasteiger partial charge in [0.05, 0.1) is 10.6 Å². The summed E-state index contributed by atoms with van der Waals surface area (Å²) in [6.45, 7) is 0.457. The molecule has 1 amide bonds. The van der Waals surface area contributed by atoms with E-state index in [-0.39, 0.29) is 16.8 Å². The van der Waals surface area contributed by atoms with Gasteiger partial charge in [-0.1, -0.05) is 30.3 Å². The predicted octanol–water partition coefficient (Wildman–Crippen LogP) is 3.71. The molecule has 0 spiro atoms. The molecule has 1 aliphatic rings. The molecule has 0 atom stereocenters. The van der Waals surface area contributed by atoms with Crippen molar-refractivity contribution < 1.29 is 13.2 Å². The van der Waals surface area contributed by atoms with E-state index in [4.69, 9.17) is 0 Å². The van der Waals surface area contributed by atoms with Crippen LogP contribution in [0.1, 0.15) is 28.8 Å². The molecule has 0 saturated heterocycles. The zero-order chi connectivity index (χ0) is 21.1. The highest BCUT2D eigenvalue weighted by molar-refractivity contribution is 7.92. The van der Waals surface area contributed by atoms with Gasteiger partial charge in [-0.05, 0) is 54.8 Å². The van der Waals surface area contributed by atoms with E-state index in [1.807, 2.05) is 23.1 Å². The molecule has 0 N–H and O–H groups in total. The average molecular weight is 422 g/mol. The zero-order valence-corrected chi connectivity index (χ0v) is 17.5. The molecule has 1 fully saturated rings. The molecule has 6 nitrogen and oxygen atoms in total. The summed E-state index contributed by atoms with van der Waals surface area (Å²) in [4.78, 5) is 19.3. The van der Waals surface area contributed by atoms with Crippen LogP contribution in [0.3, 0.4) is 0 Å². The Hall–Kier alpha value is -3.19. The quantitative estimate of drug-likeness (QED) is 0.583. The largest absolute Gasteiger partial charge is 0.331 e. The lowest BCUT2D eigenvalue weighted by molar-refractivity contribution is 0.0729. The van der Waals surface area contributed by atoms with Crippen LogP contribution in [0.4, 0.5) is 5.69 Å². The molecular weight excluding hydrogens is 398 g/mol. The SMILES string of the molecule is CN(c1ccccc1)S(=O)(=O)c1cccc(C(=O)N(Cc2cccnc2)C2CC2)c1. The number of pyridine rings is 1. The fourth-order valence-electron chi connectivity index (χ4n) is 3.33. The number of aromatic nitrogens is 1. The number of sulfonamides is 1. The van der Waals surface area contributed by atoms with Crippen molar-refractivity contribution in [2.24, 2.45) is 0 Å². The summed E-state index contributed by atoms with van der Waals surface area (Å²) in [5.74, 6) is -0.166. The summed E-state index contributed by atoms with van der Waals surface area (Å²) in [6.07, 6.45) is 5.37. The fraction of sp³-hybridized carbons (Fsp3) is 0.217. The summed E-state index contributed by atoms with van der Waals surface area (Å²) in [5, 5.41) is 0. The maximum atomic E-state index is 13.2. The molecule has 1 aromatic heterocycles. The molecule has 154 valence electrons. The minimum atomic E-state index is -3.78. The van der Waals surface area contributed by atoms with E-state index in [1.165, 1.54) is 23.5 Å². The molecule has 30 heavy (non-hydrogen) atoms. The Morgan fingerprint density at radius 2 is 1.80 bits per heavy atom. The molecular formula is C23H23N3O3S. The number of hydrogen-bond acceptors (Lipinski definition) is 4. The molecule has 3 aromatic rings. The third-order valence-electron chi connectivity index (χ3n) is 5.18. The van der Waals surface area contributed by atoms with Crippen molar-refractivity contribution in [3.05, 3.63) is 90.3 Å². The van der Waals surface area contributed by atoms with E-state index >= 15 is 0 Å². The minimum Gasteiger partial charge on any atom is -0.331 e. The Labute approximate surface area is 176 Å². The summed E-state index contributed by atoms with van der Waals surface area (Å²) < 4.78 is 27.4. The van der Waals surface area contributed by atoms with Gasteiger partial charge in [-0.3, -0.25) is 14.1 Å². The van der Waals surface area contributed by atoms with Gasteiger partial charge in [-0.25, -0.2) is 8.42 Å². The van der Waals surface area contributed by atoms with Crippen molar-refractivity contribution in [2.75, 3.05) is 11.4 Å². The number of hydrogen-bond donors (Lipinski definition) is 0. The second kappa shape index (κ2) is 8.28. The molecule has 7 heteroatoms. The Balaban J connectivity index is 1.61. The van der Waals surface area contributed by atoms with Gasteiger partial charge in [-0.15, -0.1) is 0 Å². The van der Waals surface area contributed by atoms with Crippen LogP contribution >= 0.6 is 0 Å². The number of para-hydroxylation sites is 1. The summed E-state index contributed by atoms with van der Waals surface area (Å²) in [5.41, 5.74) is 1.88. The summed E-state index contributed by atoms with van der Waals surface area (Å²) in [6, 6.07) is 19.1. The standard InChI is InChI=1S/C23H23N3O3S/c1-25(20-9-3-2-4-10-20)30(28,29)22-11-5-8-19(15-22)23(27)26(21-12-13-21)17-18-7-6-14-24-16-18/h2-11,14-16,21H,12-13,17H2,1H3. The highest BCUT2D eigenvalue weighted by atomic mass is 32.2. The molecule has 1 aliphatic carbocycles. The molecule has 1 saturated carbocycles. The fourth-order valence-corrected chi connectivity index (χ4v) is 4.57. The number of anilines is 1. The van der Waals surface area contributed by atoms with E-state index in [0.29, 0.717) is 17.8 Å². The lowest BCUT2D eigenvalue weighted by Gasteiger charge is -2.23. The van der Waals surface area contributed by atoms with Crippen molar-refractivity contribution in [1.29, 1.82) is 0 Å².